The van der Waals surface area contributed by atoms with Crippen molar-refractivity contribution in [2.45, 2.75) is 39.2 Å². The van der Waals surface area contributed by atoms with Gasteiger partial charge in [-0.2, -0.15) is 0 Å². The molecule has 0 saturated carbocycles. The molecule has 0 aromatic heterocycles. The zero-order chi connectivity index (χ0) is 13.8. The summed E-state index contributed by atoms with van der Waals surface area (Å²) in [6.07, 6.45) is 1.11. The lowest BCUT2D eigenvalue weighted by Gasteiger charge is -2.34. The van der Waals surface area contributed by atoms with Gasteiger partial charge in [0.2, 0.25) is 0 Å². The predicted octanol–water partition coefficient (Wildman–Crippen LogP) is 2.72. The van der Waals surface area contributed by atoms with E-state index in [1.54, 1.807) is 0 Å². The number of rotatable bonds is 6. The standard InChI is InChI=1S/C15H23NO2/c1-12-5-7-13(8-6-12)9-10-16(4)15(2,3)11-14(17)18/h5-8H,9-11H2,1-4H3,(H,17,18). The monoisotopic (exact) mass is 249 g/mol. The number of aliphatic carboxylic acids is 1. The number of nitrogens with zero attached hydrogens (tertiary/aromatic N) is 1. The van der Waals surface area contributed by atoms with Crippen molar-refractivity contribution >= 4 is 5.97 Å². The van der Waals surface area contributed by atoms with E-state index >= 15 is 0 Å². The molecule has 0 radical (unpaired) electrons. The van der Waals surface area contributed by atoms with Crippen LogP contribution in [0.4, 0.5) is 0 Å². The Balaban J connectivity index is 2.52. The first-order chi connectivity index (χ1) is 8.31. The van der Waals surface area contributed by atoms with Crippen LogP contribution >= 0.6 is 0 Å². The van der Waals surface area contributed by atoms with Gasteiger partial charge in [0.15, 0.2) is 0 Å². The minimum Gasteiger partial charge on any atom is -0.481 e. The predicted molar refractivity (Wildman–Crippen MR) is 73.8 cm³/mol. The first-order valence-electron chi connectivity index (χ1n) is 6.30. The van der Waals surface area contributed by atoms with Crippen LogP contribution in [0, 0.1) is 6.92 Å². The third-order valence-electron chi connectivity index (χ3n) is 3.47. The van der Waals surface area contributed by atoms with Crippen LogP contribution in [-0.2, 0) is 11.2 Å². The van der Waals surface area contributed by atoms with Crippen LogP contribution < -0.4 is 0 Å². The number of hydrogen-bond donors (Lipinski definition) is 1. The van der Waals surface area contributed by atoms with E-state index in [4.69, 9.17) is 5.11 Å². The molecule has 1 aromatic rings. The van der Waals surface area contributed by atoms with Crippen LogP contribution in [0.1, 0.15) is 31.4 Å². The highest BCUT2D eigenvalue weighted by molar-refractivity contribution is 5.68. The van der Waals surface area contributed by atoms with Crippen LogP contribution in [0.5, 0.6) is 0 Å². The topological polar surface area (TPSA) is 40.5 Å². The summed E-state index contributed by atoms with van der Waals surface area (Å²) in [5, 5.41) is 8.89. The molecule has 0 aliphatic carbocycles. The lowest BCUT2D eigenvalue weighted by atomic mass is 9.98. The summed E-state index contributed by atoms with van der Waals surface area (Å²) in [6, 6.07) is 8.48. The van der Waals surface area contributed by atoms with E-state index in [0.29, 0.717) is 0 Å². The van der Waals surface area contributed by atoms with Crippen LogP contribution in [0.25, 0.3) is 0 Å². The number of likely N-dealkylation sites (N-methyl/N-ethyl adjacent to an activating group) is 1. The molecule has 100 valence electrons. The maximum atomic E-state index is 10.8. The minimum absolute atomic E-state index is 0.164. The number of carboxylic acids is 1. The fraction of sp³-hybridized carbons (Fsp3) is 0.533. The summed E-state index contributed by atoms with van der Waals surface area (Å²) < 4.78 is 0. The van der Waals surface area contributed by atoms with Crippen molar-refractivity contribution < 1.29 is 9.90 Å². The zero-order valence-corrected chi connectivity index (χ0v) is 11.7. The van der Waals surface area contributed by atoms with Crippen molar-refractivity contribution in [3.8, 4) is 0 Å². The van der Waals surface area contributed by atoms with Crippen molar-refractivity contribution in [3.63, 3.8) is 0 Å². The largest absolute Gasteiger partial charge is 0.481 e. The Morgan fingerprint density at radius 3 is 2.33 bits per heavy atom. The third kappa shape index (κ3) is 4.49. The number of hydrogen-bond acceptors (Lipinski definition) is 2. The van der Waals surface area contributed by atoms with E-state index in [9.17, 15) is 4.79 Å². The maximum Gasteiger partial charge on any atom is 0.305 e. The van der Waals surface area contributed by atoms with Crippen molar-refractivity contribution in [1.82, 2.24) is 4.90 Å². The maximum absolute atomic E-state index is 10.8. The SMILES string of the molecule is Cc1ccc(CCN(C)C(C)(C)CC(=O)O)cc1. The van der Waals surface area contributed by atoms with Gasteiger partial charge >= 0.3 is 5.97 Å². The smallest absolute Gasteiger partial charge is 0.305 e. The van der Waals surface area contributed by atoms with Gasteiger partial charge in [0, 0.05) is 12.1 Å². The van der Waals surface area contributed by atoms with Gasteiger partial charge in [0.05, 0.1) is 6.42 Å². The Labute approximate surface area is 109 Å². The molecule has 0 aliphatic rings. The molecule has 1 aromatic carbocycles. The van der Waals surface area contributed by atoms with E-state index in [0.717, 1.165) is 13.0 Å². The molecule has 0 bridgehead atoms. The third-order valence-corrected chi connectivity index (χ3v) is 3.47. The molecule has 0 amide bonds. The van der Waals surface area contributed by atoms with Crippen molar-refractivity contribution in [2.75, 3.05) is 13.6 Å². The summed E-state index contributed by atoms with van der Waals surface area (Å²) in [4.78, 5) is 12.9. The molecule has 0 saturated heterocycles. The first kappa shape index (κ1) is 14.7. The Morgan fingerprint density at radius 1 is 1.28 bits per heavy atom. The lowest BCUT2D eigenvalue weighted by Crippen LogP contribution is -2.43. The van der Waals surface area contributed by atoms with Gasteiger partial charge in [-0.3, -0.25) is 4.79 Å². The van der Waals surface area contributed by atoms with Crippen LogP contribution in [0.3, 0.4) is 0 Å². The summed E-state index contributed by atoms with van der Waals surface area (Å²) in [5.41, 5.74) is 2.24. The van der Waals surface area contributed by atoms with Crippen molar-refractivity contribution in [3.05, 3.63) is 35.4 Å². The molecule has 0 aliphatic heterocycles. The number of benzene rings is 1. The molecule has 0 spiro atoms. The Hall–Kier alpha value is -1.35. The average molecular weight is 249 g/mol. The van der Waals surface area contributed by atoms with Crippen LogP contribution in [0.15, 0.2) is 24.3 Å². The van der Waals surface area contributed by atoms with E-state index in [1.165, 1.54) is 11.1 Å². The summed E-state index contributed by atoms with van der Waals surface area (Å²) in [7, 11) is 1.98. The zero-order valence-electron chi connectivity index (χ0n) is 11.7. The second kappa shape index (κ2) is 6.01. The Morgan fingerprint density at radius 2 is 1.83 bits per heavy atom. The van der Waals surface area contributed by atoms with Gasteiger partial charge in [-0.25, -0.2) is 0 Å². The molecule has 3 nitrogen and oxygen atoms in total. The molecule has 0 unspecified atom stereocenters. The fourth-order valence-corrected chi connectivity index (χ4v) is 1.86. The molecular formula is C15H23NO2. The van der Waals surface area contributed by atoms with Gasteiger partial charge in [0.1, 0.15) is 0 Å². The highest BCUT2D eigenvalue weighted by Crippen LogP contribution is 2.17. The van der Waals surface area contributed by atoms with Crippen molar-refractivity contribution in [2.24, 2.45) is 0 Å². The molecule has 18 heavy (non-hydrogen) atoms. The normalized spacial score (nSPS) is 11.8. The molecule has 1 rings (SSSR count). The van der Waals surface area contributed by atoms with E-state index < -0.39 is 5.97 Å². The van der Waals surface area contributed by atoms with E-state index in [2.05, 4.69) is 36.1 Å². The highest BCUT2D eigenvalue weighted by Gasteiger charge is 2.26. The second-order valence-electron chi connectivity index (χ2n) is 5.54. The van der Waals surface area contributed by atoms with Crippen LogP contribution in [-0.4, -0.2) is 35.1 Å². The summed E-state index contributed by atoms with van der Waals surface area (Å²) >= 11 is 0. The first-order valence-corrected chi connectivity index (χ1v) is 6.30. The van der Waals surface area contributed by atoms with Gasteiger partial charge in [-0.15, -0.1) is 0 Å². The molecule has 1 N–H and O–H groups in total. The Kier molecular flexibility index (Phi) is 4.91. The molecule has 0 atom stereocenters. The number of carboxylic acid groups (broad SMARTS) is 1. The molecular weight excluding hydrogens is 226 g/mol. The molecule has 0 fully saturated rings. The van der Waals surface area contributed by atoms with E-state index in [1.807, 2.05) is 20.9 Å². The number of carbonyl (C=O) groups is 1. The van der Waals surface area contributed by atoms with Gasteiger partial charge in [-0.1, -0.05) is 29.8 Å². The fourth-order valence-electron chi connectivity index (χ4n) is 1.86. The molecule has 3 heteroatoms. The second-order valence-corrected chi connectivity index (χ2v) is 5.54. The van der Waals surface area contributed by atoms with Crippen LogP contribution in [0.2, 0.25) is 0 Å². The summed E-state index contributed by atoms with van der Waals surface area (Å²) in [5.74, 6) is -0.748. The van der Waals surface area contributed by atoms with E-state index in [-0.39, 0.29) is 12.0 Å². The molecule has 0 heterocycles. The van der Waals surface area contributed by atoms with Gasteiger partial charge in [0.25, 0.3) is 0 Å². The minimum atomic E-state index is -0.748. The lowest BCUT2D eigenvalue weighted by molar-refractivity contribution is -0.139. The Bertz CT molecular complexity index is 395. The average Bonchev–Trinajstić information content (AvgIpc) is 2.26. The quantitative estimate of drug-likeness (QED) is 0.842. The highest BCUT2D eigenvalue weighted by atomic mass is 16.4. The number of aryl methyl sites for hydroxylation is 1. The van der Waals surface area contributed by atoms with Crippen molar-refractivity contribution in [1.29, 1.82) is 0 Å². The van der Waals surface area contributed by atoms with Gasteiger partial charge in [-0.05, 0) is 39.8 Å². The summed E-state index contributed by atoms with van der Waals surface area (Å²) in [6.45, 7) is 6.88. The van der Waals surface area contributed by atoms with Gasteiger partial charge < -0.3 is 10.0 Å².